The lowest BCUT2D eigenvalue weighted by Gasteiger charge is -2.11. The van der Waals surface area contributed by atoms with Crippen molar-refractivity contribution in [3.63, 3.8) is 0 Å². The first-order valence-corrected chi connectivity index (χ1v) is 8.13. The fourth-order valence-electron chi connectivity index (χ4n) is 2.62. The monoisotopic (exact) mass is 379 g/mol. The maximum absolute atomic E-state index is 12.8. The van der Waals surface area contributed by atoms with Crippen LogP contribution in [0.15, 0.2) is 36.7 Å². The molecule has 3 heterocycles. The van der Waals surface area contributed by atoms with Gasteiger partial charge in [0.1, 0.15) is 22.8 Å². The lowest BCUT2D eigenvalue weighted by Crippen LogP contribution is -2.13. The molecule has 1 N–H and O–H groups in total. The molecule has 0 aliphatic heterocycles. The first-order chi connectivity index (χ1) is 12.8. The Morgan fingerprint density at radius 3 is 2.70 bits per heavy atom. The van der Waals surface area contributed by atoms with Crippen LogP contribution in [0.3, 0.4) is 0 Å². The number of aliphatic hydroxyl groups is 1. The third kappa shape index (κ3) is 4.08. The Kier molecular flexibility index (Phi) is 5.13. The quantitative estimate of drug-likeness (QED) is 0.666. The number of pyridine rings is 2. The van der Waals surface area contributed by atoms with E-state index in [2.05, 4.69) is 9.97 Å². The topological polar surface area (TPSA) is 76.7 Å². The molecule has 0 radical (unpaired) electrons. The molecule has 0 bridgehead atoms. The summed E-state index contributed by atoms with van der Waals surface area (Å²) in [7, 11) is 0. The molecule has 0 saturated carbocycles. The van der Waals surface area contributed by atoms with Crippen molar-refractivity contribution >= 4 is 11.4 Å². The zero-order chi connectivity index (χ0) is 19.6. The van der Waals surface area contributed by atoms with Crippen LogP contribution in [0.2, 0.25) is 0 Å². The number of ether oxygens (including phenoxy) is 1. The first-order valence-electron chi connectivity index (χ1n) is 8.13. The number of hydrogen-bond acceptors (Lipinski definition) is 5. The van der Waals surface area contributed by atoms with E-state index >= 15 is 0 Å². The summed E-state index contributed by atoms with van der Waals surface area (Å²) in [6, 6.07) is 4.83. The predicted octanol–water partition coefficient (Wildman–Crippen LogP) is 3.06. The summed E-state index contributed by atoms with van der Waals surface area (Å²) in [6.07, 6.45) is -1.60. The van der Waals surface area contributed by atoms with E-state index in [1.54, 1.807) is 29.8 Å². The highest BCUT2D eigenvalue weighted by Crippen LogP contribution is 2.28. The second-order valence-corrected chi connectivity index (χ2v) is 5.76. The zero-order valence-corrected chi connectivity index (χ0v) is 14.3. The number of aliphatic hydroxyl groups excluding tert-OH is 1. The number of halogens is 3. The number of nitrogens with zero attached hydrogens (tertiary/aromatic N) is 3. The Labute approximate surface area is 152 Å². The van der Waals surface area contributed by atoms with Crippen molar-refractivity contribution in [2.24, 2.45) is 0 Å². The van der Waals surface area contributed by atoms with E-state index in [1.165, 1.54) is 6.07 Å². The summed E-state index contributed by atoms with van der Waals surface area (Å²) in [5, 5.41) is 9.21. The van der Waals surface area contributed by atoms with Gasteiger partial charge in [-0.15, -0.1) is 0 Å². The van der Waals surface area contributed by atoms with Gasteiger partial charge in [-0.05, 0) is 19.1 Å². The molecule has 0 amide bonds. The van der Waals surface area contributed by atoms with Gasteiger partial charge in [0.05, 0.1) is 18.9 Å². The van der Waals surface area contributed by atoms with Gasteiger partial charge in [-0.3, -0.25) is 4.79 Å². The smallest absolute Gasteiger partial charge is 0.433 e. The third-order valence-electron chi connectivity index (χ3n) is 3.82. The van der Waals surface area contributed by atoms with Gasteiger partial charge in [0.2, 0.25) is 0 Å². The number of carbonyl (C=O) groups is 1. The number of alkyl halides is 3. The third-order valence-corrected chi connectivity index (χ3v) is 3.82. The van der Waals surface area contributed by atoms with Crippen LogP contribution in [-0.4, -0.2) is 31.9 Å². The number of rotatable bonds is 6. The zero-order valence-electron chi connectivity index (χ0n) is 14.3. The van der Waals surface area contributed by atoms with Crippen molar-refractivity contribution in [2.45, 2.75) is 26.1 Å². The largest absolute Gasteiger partial charge is 0.493 e. The number of aromatic nitrogens is 3. The number of fused-ring (bicyclic) bond motifs is 1. The number of hydrogen-bond donors (Lipinski definition) is 1. The molecular formula is C18H16F3N3O3. The van der Waals surface area contributed by atoms with E-state index in [1.807, 2.05) is 0 Å². The summed E-state index contributed by atoms with van der Waals surface area (Å²) in [5.74, 6) is -0.163. The molecule has 0 aliphatic carbocycles. The summed E-state index contributed by atoms with van der Waals surface area (Å²) >= 11 is 0. The average Bonchev–Trinajstić information content (AvgIpc) is 3.03. The van der Waals surface area contributed by atoms with E-state index in [9.17, 15) is 23.1 Å². The maximum Gasteiger partial charge on any atom is 0.433 e. The lowest BCUT2D eigenvalue weighted by molar-refractivity contribution is -0.141. The molecule has 0 aromatic carbocycles. The van der Waals surface area contributed by atoms with Crippen molar-refractivity contribution in [3.8, 4) is 5.75 Å². The minimum atomic E-state index is -4.62. The molecule has 0 atom stereocenters. The molecule has 0 unspecified atom stereocenters. The molecule has 3 aromatic heterocycles. The lowest BCUT2D eigenvalue weighted by atomic mass is 10.1. The number of ketones is 1. The fraction of sp³-hybridized carbons (Fsp3) is 0.278. The van der Waals surface area contributed by atoms with Crippen LogP contribution in [0.5, 0.6) is 5.75 Å². The molecule has 9 heteroatoms. The van der Waals surface area contributed by atoms with Crippen molar-refractivity contribution < 1.29 is 27.8 Å². The van der Waals surface area contributed by atoms with Gasteiger partial charge in [0, 0.05) is 30.4 Å². The summed E-state index contributed by atoms with van der Waals surface area (Å²) in [4.78, 5) is 20.1. The SMILES string of the molecule is CCOc1cc2nc(CO)cn2cc1CC(=O)c1cccc(C(F)(F)F)n1. The molecule has 6 nitrogen and oxygen atoms in total. The van der Waals surface area contributed by atoms with Crippen molar-refractivity contribution in [1.29, 1.82) is 0 Å². The number of imidazole rings is 1. The molecular weight excluding hydrogens is 363 g/mol. The van der Waals surface area contributed by atoms with Crippen LogP contribution in [0, 0.1) is 0 Å². The Hall–Kier alpha value is -2.94. The van der Waals surface area contributed by atoms with Crippen LogP contribution in [-0.2, 0) is 19.2 Å². The Balaban J connectivity index is 1.95. The van der Waals surface area contributed by atoms with Crippen molar-refractivity contribution in [1.82, 2.24) is 14.4 Å². The standard InChI is InChI=1S/C18H16F3N3O3/c1-2-27-15-7-17-22-12(10-25)9-24(17)8-11(15)6-14(26)13-4-3-5-16(23-13)18(19,20)21/h3-5,7-9,25H,2,6,10H2,1H3. The van der Waals surface area contributed by atoms with Gasteiger partial charge in [0.15, 0.2) is 5.78 Å². The molecule has 0 fully saturated rings. The van der Waals surface area contributed by atoms with Crippen LogP contribution in [0.25, 0.3) is 5.65 Å². The summed E-state index contributed by atoms with van der Waals surface area (Å²) in [6.45, 7) is 1.87. The van der Waals surface area contributed by atoms with Gasteiger partial charge >= 0.3 is 6.18 Å². The molecule has 3 aromatic rings. The van der Waals surface area contributed by atoms with E-state index < -0.39 is 17.7 Å². The Morgan fingerprint density at radius 1 is 1.26 bits per heavy atom. The van der Waals surface area contributed by atoms with Crippen LogP contribution in [0.4, 0.5) is 13.2 Å². The number of carbonyl (C=O) groups excluding carboxylic acids is 1. The second-order valence-electron chi connectivity index (χ2n) is 5.76. The Morgan fingerprint density at radius 2 is 2.04 bits per heavy atom. The predicted molar refractivity (Wildman–Crippen MR) is 89.6 cm³/mol. The van der Waals surface area contributed by atoms with E-state index in [0.29, 0.717) is 29.3 Å². The van der Waals surface area contributed by atoms with Gasteiger partial charge in [-0.2, -0.15) is 13.2 Å². The first kappa shape index (κ1) is 18.8. The minimum absolute atomic E-state index is 0.188. The molecule has 0 saturated heterocycles. The highest BCUT2D eigenvalue weighted by molar-refractivity contribution is 5.96. The highest BCUT2D eigenvalue weighted by atomic mass is 19.4. The second kappa shape index (κ2) is 7.36. The maximum atomic E-state index is 12.8. The molecule has 0 aliphatic rings. The van der Waals surface area contributed by atoms with E-state index in [0.717, 1.165) is 12.1 Å². The fourth-order valence-corrected chi connectivity index (χ4v) is 2.62. The van der Waals surface area contributed by atoms with Crippen molar-refractivity contribution in [3.05, 3.63) is 59.3 Å². The average molecular weight is 379 g/mol. The molecule has 142 valence electrons. The van der Waals surface area contributed by atoms with E-state index in [-0.39, 0.29) is 18.7 Å². The van der Waals surface area contributed by atoms with Gasteiger partial charge in [-0.25, -0.2) is 9.97 Å². The Bertz CT molecular complexity index is 983. The van der Waals surface area contributed by atoms with Gasteiger partial charge in [0.25, 0.3) is 0 Å². The summed E-state index contributed by atoms with van der Waals surface area (Å²) in [5.41, 5.74) is 0.0666. The highest BCUT2D eigenvalue weighted by Gasteiger charge is 2.33. The normalized spacial score (nSPS) is 11.7. The summed E-state index contributed by atoms with van der Waals surface area (Å²) < 4.78 is 45.6. The molecule has 0 spiro atoms. The van der Waals surface area contributed by atoms with Crippen LogP contribution >= 0.6 is 0 Å². The van der Waals surface area contributed by atoms with Crippen LogP contribution in [0.1, 0.15) is 34.4 Å². The number of Topliss-reactive ketones (excluding diaryl/α,β-unsaturated/α-hetero) is 1. The van der Waals surface area contributed by atoms with Crippen LogP contribution < -0.4 is 4.74 Å². The van der Waals surface area contributed by atoms with Gasteiger partial charge in [-0.1, -0.05) is 6.07 Å². The van der Waals surface area contributed by atoms with Crippen molar-refractivity contribution in [2.75, 3.05) is 6.61 Å². The van der Waals surface area contributed by atoms with E-state index in [4.69, 9.17) is 4.74 Å². The van der Waals surface area contributed by atoms with Gasteiger partial charge < -0.3 is 14.2 Å². The molecule has 27 heavy (non-hydrogen) atoms. The molecule has 3 rings (SSSR count). The minimum Gasteiger partial charge on any atom is -0.493 e.